The molecule has 19 heavy (non-hydrogen) atoms. The number of hydrogen-bond donors (Lipinski definition) is 1. The van der Waals surface area contributed by atoms with Crippen molar-refractivity contribution < 1.29 is 9.90 Å². The van der Waals surface area contributed by atoms with E-state index in [1.165, 1.54) is 0 Å². The summed E-state index contributed by atoms with van der Waals surface area (Å²) in [5, 5.41) is 9.41. The molecule has 1 saturated heterocycles. The first kappa shape index (κ1) is 13.8. The first-order chi connectivity index (χ1) is 8.99. The van der Waals surface area contributed by atoms with Gasteiger partial charge in [0.2, 0.25) is 0 Å². The lowest BCUT2D eigenvalue weighted by Gasteiger charge is -2.25. The van der Waals surface area contributed by atoms with Crippen LogP contribution in [0.15, 0.2) is 6.07 Å². The standard InChI is InChI=1S/C14H21N3O2/c1-10-9-12(13(14(18)19)11(2)15-10)17-6-4-5-16(3)7-8-17/h9H,4-8H2,1-3H3,(H,18,19). The van der Waals surface area contributed by atoms with E-state index in [2.05, 4.69) is 21.8 Å². The summed E-state index contributed by atoms with van der Waals surface area (Å²) in [6.07, 6.45) is 1.05. The molecule has 1 aromatic heterocycles. The van der Waals surface area contributed by atoms with Gasteiger partial charge in [0.1, 0.15) is 5.56 Å². The van der Waals surface area contributed by atoms with Crippen LogP contribution < -0.4 is 4.90 Å². The van der Waals surface area contributed by atoms with Gasteiger partial charge in [-0.2, -0.15) is 0 Å². The lowest BCUT2D eigenvalue weighted by molar-refractivity contribution is 0.0696. The van der Waals surface area contributed by atoms with Crippen LogP contribution in [0, 0.1) is 13.8 Å². The predicted octanol–water partition coefficient (Wildman–Crippen LogP) is 1.54. The van der Waals surface area contributed by atoms with Crippen molar-refractivity contribution >= 4 is 11.7 Å². The van der Waals surface area contributed by atoms with Crippen molar-refractivity contribution in [3.8, 4) is 0 Å². The number of rotatable bonds is 2. The minimum Gasteiger partial charge on any atom is -0.478 e. The van der Waals surface area contributed by atoms with Crippen molar-refractivity contribution in [1.29, 1.82) is 0 Å². The van der Waals surface area contributed by atoms with E-state index in [1.807, 2.05) is 13.0 Å². The molecule has 5 nitrogen and oxygen atoms in total. The van der Waals surface area contributed by atoms with Gasteiger partial charge in [-0.1, -0.05) is 0 Å². The van der Waals surface area contributed by atoms with Crippen LogP contribution >= 0.6 is 0 Å². The number of aromatic nitrogens is 1. The number of carboxylic acids is 1. The second-order valence-electron chi connectivity index (χ2n) is 5.19. The number of nitrogens with zero attached hydrogens (tertiary/aromatic N) is 3. The Morgan fingerprint density at radius 2 is 2.00 bits per heavy atom. The molecule has 1 aliphatic heterocycles. The van der Waals surface area contributed by atoms with Crippen molar-refractivity contribution in [3.05, 3.63) is 23.0 Å². The molecule has 104 valence electrons. The molecule has 1 aromatic rings. The van der Waals surface area contributed by atoms with Gasteiger partial charge in [0, 0.05) is 25.3 Å². The quantitative estimate of drug-likeness (QED) is 0.877. The highest BCUT2D eigenvalue weighted by atomic mass is 16.4. The van der Waals surface area contributed by atoms with Crippen LogP contribution in [0.1, 0.15) is 28.2 Å². The smallest absolute Gasteiger partial charge is 0.339 e. The SMILES string of the molecule is Cc1cc(N2CCCN(C)CC2)c(C(=O)O)c(C)n1. The molecule has 0 unspecified atom stereocenters. The van der Waals surface area contributed by atoms with E-state index in [-0.39, 0.29) is 0 Å². The van der Waals surface area contributed by atoms with Gasteiger partial charge < -0.3 is 14.9 Å². The molecule has 0 atom stereocenters. The number of carboxylic acid groups (broad SMARTS) is 1. The van der Waals surface area contributed by atoms with Gasteiger partial charge in [0.05, 0.1) is 11.4 Å². The van der Waals surface area contributed by atoms with Crippen LogP contribution in [0.25, 0.3) is 0 Å². The number of aryl methyl sites for hydroxylation is 2. The molecule has 1 fully saturated rings. The summed E-state index contributed by atoms with van der Waals surface area (Å²) < 4.78 is 0. The fraction of sp³-hybridized carbons (Fsp3) is 0.571. The van der Waals surface area contributed by atoms with E-state index >= 15 is 0 Å². The van der Waals surface area contributed by atoms with E-state index in [1.54, 1.807) is 6.92 Å². The van der Waals surface area contributed by atoms with E-state index in [0.717, 1.165) is 44.0 Å². The van der Waals surface area contributed by atoms with Crippen LogP contribution in [0.4, 0.5) is 5.69 Å². The maximum absolute atomic E-state index is 11.5. The van der Waals surface area contributed by atoms with E-state index in [9.17, 15) is 9.90 Å². The van der Waals surface area contributed by atoms with Gasteiger partial charge in [0.15, 0.2) is 0 Å². The normalized spacial score (nSPS) is 17.3. The summed E-state index contributed by atoms with van der Waals surface area (Å²) >= 11 is 0. The first-order valence-electron chi connectivity index (χ1n) is 6.64. The summed E-state index contributed by atoms with van der Waals surface area (Å²) in [5.74, 6) is -0.891. The average Bonchev–Trinajstić information content (AvgIpc) is 2.52. The third kappa shape index (κ3) is 3.04. The molecule has 1 aliphatic rings. The number of hydrogen-bond acceptors (Lipinski definition) is 4. The third-order valence-corrected chi connectivity index (χ3v) is 3.58. The topological polar surface area (TPSA) is 56.7 Å². The zero-order chi connectivity index (χ0) is 14.0. The van der Waals surface area contributed by atoms with Crippen LogP contribution in [0.2, 0.25) is 0 Å². The highest BCUT2D eigenvalue weighted by Crippen LogP contribution is 2.25. The molecular formula is C14H21N3O2. The Hall–Kier alpha value is -1.62. The Bertz CT molecular complexity index is 488. The van der Waals surface area contributed by atoms with E-state index in [4.69, 9.17) is 0 Å². The van der Waals surface area contributed by atoms with Crippen LogP contribution in [0.3, 0.4) is 0 Å². The minimum atomic E-state index is -0.891. The summed E-state index contributed by atoms with van der Waals surface area (Å²) in [5.41, 5.74) is 2.62. The molecule has 0 amide bonds. The molecule has 5 heteroatoms. The highest BCUT2D eigenvalue weighted by Gasteiger charge is 2.21. The highest BCUT2D eigenvalue weighted by molar-refractivity contribution is 5.95. The second kappa shape index (κ2) is 5.57. The summed E-state index contributed by atoms with van der Waals surface area (Å²) in [4.78, 5) is 20.2. The summed E-state index contributed by atoms with van der Waals surface area (Å²) in [7, 11) is 2.10. The Labute approximate surface area is 113 Å². The Kier molecular flexibility index (Phi) is 4.04. The molecule has 2 heterocycles. The zero-order valence-electron chi connectivity index (χ0n) is 11.8. The Balaban J connectivity index is 2.39. The van der Waals surface area contributed by atoms with Gasteiger partial charge >= 0.3 is 5.97 Å². The number of aromatic carboxylic acids is 1. The van der Waals surface area contributed by atoms with Gasteiger partial charge in [-0.25, -0.2) is 4.79 Å². The molecule has 1 N–H and O–H groups in total. The number of likely N-dealkylation sites (N-methyl/N-ethyl adjacent to an activating group) is 1. The maximum Gasteiger partial charge on any atom is 0.339 e. The summed E-state index contributed by atoms with van der Waals surface area (Å²) in [6, 6.07) is 1.89. The Morgan fingerprint density at radius 3 is 2.68 bits per heavy atom. The monoisotopic (exact) mass is 263 g/mol. The molecular weight excluding hydrogens is 242 g/mol. The molecule has 0 saturated carbocycles. The van der Waals surface area contributed by atoms with Crippen LogP contribution in [-0.4, -0.2) is 54.2 Å². The van der Waals surface area contributed by atoms with Gasteiger partial charge in [0.25, 0.3) is 0 Å². The van der Waals surface area contributed by atoms with E-state index < -0.39 is 5.97 Å². The van der Waals surface area contributed by atoms with Crippen molar-refractivity contribution in [1.82, 2.24) is 9.88 Å². The Morgan fingerprint density at radius 1 is 1.26 bits per heavy atom. The molecule has 0 spiro atoms. The van der Waals surface area contributed by atoms with Gasteiger partial charge in [-0.05, 0) is 39.9 Å². The van der Waals surface area contributed by atoms with E-state index in [0.29, 0.717) is 11.3 Å². The molecule has 0 aromatic carbocycles. The van der Waals surface area contributed by atoms with Crippen LogP contribution in [-0.2, 0) is 0 Å². The zero-order valence-corrected chi connectivity index (χ0v) is 11.8. The number of anilines is 1. The lowest BCUT2D eigenvalue weighted by atomic mass is 10.1. The van der Waals surface area contributed by atoms with Crippen molar-refractivity contribution in [3.63, 3.8) is 0 Å². The fourth-order valence-corrected chi connectivity index (χ4v) is 2.61. The molecule has 0 aliphatic carbocycles. The molecule has 0 radical (unpaired) electrons. The second-order valence-corrected chi connectivity index (χ2v) is 5.19. The van der Waals surface area contributed by atoms with Crippen molar-refractivity contribution in [2.75, 3.05) is 38.1 Å². The van der Waals surface area contributed by atoms with Crippen LogP contribution in [0.5, 0.6) is 0 Å². The van der Waals surface area contributed by atoms with Crippen molar-refractivity contribution in [2.45, 2.75) is 20.3 Å². The minimum absolute atomic E-state index is 0.343. The number of pyridine rings is 1. The summed E-state index contributed by atoms with van der Waals surface area (Å²) in [6.45, 7) is 7.45. The fourth-order valence-electron chi connectivity index (χ4n) is 2.61. The molecule has 0 bridgehead atoms. The number of carbonyl (C=O) groups is 1. The molecule has 2 rings (SSSR count). The average molecular weight is 263 g/mol. The predicted molar refractivity (Wildman–Crippen MR) is 75.0 cm³/mol. The van der Waals surface area contributed by atoms with Gasteiger partial charge in [-0.3, -0.25) is 4.98 Å². The van der Waals surface area contributed by atoms with Gasteiger partial charge in [-0.15, -0.1) is 0 Å². The lowest BCUT2D eigenvalue weighted by Crippen LogP contribution is -2.30. The maximum atomic E-state index is 11.5. The van der Waals surface area contributed by atoms with Crippen molar-refractivity contribution in [2.24, 2.45) is 0 Å². The first-order valence-corrected chi connectivity index (χ1v) is 6.64. The largest absolute Gasteiger partial charge is 0.478 e. The third-order valence-electron chi connectivity index (χ3n) is 3.58.